The largest absolute Gasteiger partial charge is 0.395 e. The summed E-state index contributed by atoms with van der Waals surface area (Å²) in [4.78, 5) is 0. The number of rotatable bonds is 13. The summed E-state index contributed by atoms with van der Waals surface area (Å²) in [6.45, 7) is -1.64. The van der Waals surface area contributed by atoms with Crippen LogP contribution < -0.4 is 22.1 Å². The minimum Gasteiger partial charge on any atom is -0.395 e. The van der Waals surface area contributed by atoms with Gasteiger partial charge in [0.15, 0.2) is 12.6 Å². The summed E-state index contributed by atoms with van der Waals surface area (Å²) in [5.74, 6) is 0. The Kier molecular flexibility index (Phi) is 13.4. The van der Waals surface area contributed by atoms with Gasteiger partial charge in [-0.1, -0.05) is 0 Å². The summed E-state index contributed by atoms with van der Waals surface area (Å²) in [6, 6.07) is -3.94. The molecule has 0 bridgehead atoms. The maximum absolute atomic E-state index is 11.4. The molecule has 18 heteroatoms. The summed E-state index contributed by atoms with van der Waals surface area (Å²) < 4.78 is 22.9. The van der Waals surface area contributed by atoms with E-state index in [2.05, 4.69) is 10.6 Å². The number of hydrogen-bond donors (Lipinski definition) is 14. The lowest BCUT2D eigenvalue weighted by molar-refractivity contribution is -0.333. The molecular formula is C23H46N4O14. The van der Waals surface area contributed by atoms with Gasteiger partial charge in [-0.05, 0) is 6.42 Å². The van der Waals surface area contributed by atoms with Gasteiger partial charge in [0.05, 0.1) is 38.5 Å². The van der Waals surface area contributed by atoms with Crippen LogP contribution in [0.5, 0.6) is 0 Å². The fraction of sp³-hybridized carbons (Fsp3) is 1.00. The molecule has 0 aromatic rings. The van der Waals surface area contributed by atoms with Gasteiger partial charge >= 0.3 is 0 Å². The Labute approximate surface area is 236 Å². The summed E-state index contributed by atoms with van der Waals surface area (Å²) in [6.07, 6.45) is -17.6. The first-order valence-electron chi connectivity index (χ1n) is 13.6. The number of ether oxygens (including phenoxy) is 4. The van der Waals surface area contributed by atoms with Crippen LogP contribution in [-0.4, -0.2) is 188 Å². The van der Waals surface area contributed by atoms with Crippen molar-refractivity contribution in [3.63, 3.8) is 0 Å². The van der Waals surface area contributed by atoms with E-state index in [4.69, 9.17) is 35.5 Å². The zero-order chi connectivity index (χ0) is 30.4. The molecule has 18 nitrogen and oxygen atoms in total. The Bertz CT molecular complexity index is 772. The Morgan fingerprint density at radius 3 is 1.95 bits per heavy atom. The lowest BCUT2D eigenvalue weighted by Gasteiger charge is -2.49. The van der Waals surface area contributed by atoms with E-state index in [1.807, 2.05) is 0 Å². The molecule has 0 aromatic carbocycles. The summed E-state index contributed by atoms with van der Waals surface area (Å²) in [5, 5.41) is 107. The molecule has 0 amide bonds. The molecule has 0 spiro atoms. The highest BCUT2D eigenvalue weighted by Gasteiger charge is 2.52. The van der Waals surface area contributed by atoms with E-state index >= 15 is 0 Å². The normalized spacial score (nSPS) is 45.7. The van der Waals surface area contributed by atoms with Crippen molar-refractivity contribution in [1.29, 1.82) is 0 Å². The third-order valence-corrected chi connectivity index (χ3v) is 7.73. The number of nitrogens with one attached hydrogen (secondary N) is 2. The summed E-state index contributed by atoms with van der Waals surface area (Å²) in [7, 11) is 0. The van der Waals surface area contributed by atoms with Gasteiger partial charge in [0.1, 0.15) is 61.0 Å². The summed E-state index contributed by atoms with van der Waals surface area (Å²) >= 11 is 0. The van der Waals surface area contributed by atoms with E-state index < -0.39 is 118 Å². The molecule has 16 N–H and O–H groups in total. The van der Waals surface area contributed by atoms with Crippen LogP contribution in [0.4, 0.5) is 0 Å². The van der Waals surface area contributed by atoms with Crippen LogP contribution in [0.3, 0.4) is 0 Å². The van der Waals surface area contributed by atoms with Crippen molar-refractivity contribution in [3.8, 4) is 0 Å². The Balaban J connectivity index is 1.81. The second-order valence-corrected chi connectivity index (χ2v) is 10.7. The molecule has 3 rings (SSSR count). The van der Waals surface area contributed by atoms with Crippen molar-refractivity contribution in [3.05, 3.63) is 0 Å². The van der Waals surface area contributed by atoms with Crippen LogP contribution in [0.15, 0.2) is 0 Å². The van der Waals surface area contributed by atoms with Crippen LogP contribution in [0.1, 0.15) is 6.42 Å². The quantitative estimate of drug-likeness (QED) is 0.0870. The molecule has 2 aliphatic heterocycles. The second kappa shape index (κ2) is 15.8. The first kappa shape index (κ1) is 34.8. The SMILES string of the molecule is NC1CC(NC(CO)CO)C(OC2OC(CO)C(O)C(N)C2O)C(O)C1OC1OC(CNCCO)C(O)C(O)C1O. The fourth-order valence-electron chi connectivity index (χ4n) is 5.28. The molecule has 41 heavy (non-hydrogen) atoms. The predicted octanol–water partition coefficient (Wildman–Crippen LogP) is -8.68. The molecule has 0 radical (unpaired) electrons. The third-order valence-electron chi connectivity index (χ3n) is 7.73. The van der Waals surface area contributed by atoms with Gasteiger partial charge in [0, 0.05) is 25.2 Å². The smallest absolute Gasteiger partial charge is 0.187 e. The molecule has 3 aliphatic rings. The van der Waals surface area contributed by atoms with Crippen LogP contribution in [0.2, 0.25) is 0 Å². The lowest BCUT2D eigenvalue weighted by atomic mass is 9.83. The minimum atomic E-state index is -1.74. The van der Waals surface area contributed by atoms with E-state index in [-0.39, 0.29) is 26.1 Å². The molecule has 3 fully saturated rings. The topological polar surface area (TPSA) is 315 Å². The molecular weight excluding hydrogens is 556 g/mol. The van der Waals surface area contributed by atoms with Gasteiger partial charge in [-0.2, -0.15) is 0 Å². The van der Waals surface area contributed by atoms with Crippen LogP contribution in [0, 0.1) is 0 Å². The maximum atomic E-state index is 11.4. The summed E-state index contributed by atoms with van der Waals surface area (Å²) in [5.41, 5.74) is 12.2. The number of hydrogen-bond acceptors (Lipinski definition) is 18. The average Bonchev–Trinajstić information content (AvgIpc) is 2.96. The lowest BCUT2D eigenvalue weighted by Crippen LogP contribution is -2.69. The van der Waals surface area contributed by atoms with Gasteiger partial charge in [-0.15, -0.1) is 0 Å². The van der Waals surface area contributed by atoms with Crippen molar-refractivity contribution in [1.82, 2.24) is 10.6 Å². The van der Waals surface area contributed by atoms with Crippen molar-refractivity contribution >= 4 is 0 Å². The van der Waals surface area contributed by atoms with Crippen LogP contribution in [0.25, 0.3) is 0 Å². The molecule has 2 saturated heterocycles. The van der Waals surface area contributed by atoms with Crippen LogP contribution in [-0.2, 0) is 18.9 Å². The zero-order valence-electron chi connectivity index (χ0n) is 22.4. The second-order valence-electron chi connectivity index (χ2n) is 10.7. The Morgan fingerprint density at radius 2 is 1.34 bits per heavy atom. The molecule has 2 heterocycles. The van der Waals surface area contributed by atoms with Gasteiger partial charge in [-0.25, -0.2) is 0 Å². The number of nitrogens with two attached hydrogens (primary N) is 2. The van der Waals surface area contributed by atoms with Crippen molar-refractivity contribution < 1.29 is 70.0 Å². The predicted molar refractivity (Wildman–Crippen MR) is 136 cm³/mol. The molecule has 0 aromatic heterocycles. The Morgan fingerprint density at radius 1 is 0.732 bits per heavy atom. The highest BCUT2D eigenvalue weighted by atomic mass is 16.7. The number of aliphatic hydroxyl groups is 10. The monoisotopic (exact) mass is 602 g/mol. The molecule has 242 valence electrons. The van der Waals surface area contributed by atoms with E-state index in [1.165, 1.54) is 0 Å². The molecule has 1 saturated carbocycles. The fourth-order valence-corrected chi connectivity index (χ4v) is 5.28. The first-order valence-corrected chi connectivity index (χ1v) is 13.6. The van der Waals surface area contributed by atoms with Crippen molar-refractivity contribution in [2.24, 2.45) is 11.5 Å². The standard InChI is InChI=1S/C23H46N4O14/c24-9-3-10(27-8(5-29)6-30)21(41-22-16(34)13(25)14(32)12(7-31)39-22)19(37)20(9)40-23-18(36)17(35)15(33)11(38-23)4-26-1-2-28/h8-23,26-37H,1-7,24-25H2. The highest BCUT2D eigenvalue weighted by Crippen LogP contribution is 2.32. The maximum Gasteiger partial charge on any atom is 0.187 e. The zero-order valence-corrected chi connectivity index (χ0v) is 22.4. The highest BCUT2D eigenvalue weighted by molar-refractivity contribution is 5.03. The number of aliphatic hydroxyl groups excluding tert-OH is 10. The Hall–Kier alpha value is -0.720. The molecule has 15 unspecified atom stereocenters. The van der Waals surface area contributed by atoms with E-state index in [9.17, 15) is 46.0 Å². The van der Waals surface area contributed by atoms with E-state index in [1.54, 1.807) is 0 Å². The van der Waals surface area contributed by atoms with Crippen molar-refractivity contribution in [2.45, 2.75) is 104 Å². The molecule has 15 atom stereocenters. The van der Waals surface area contributed by atoms with Gasteiger partial charge in [0.25, 0.3) is 0 Å². The van der Waals surface area contributed by atoms with Gasteiger partial charge in [0.2, 0.25) is 0 Å². The minimum absolute atomic E-state index is 0.000701. The van der Waals surface area contributed by atoms with Gasteiger partial charge < -0.3 is 92.1 Å². The van der Waals surface area contributed by atoms with Crippen molar-refractivity contribution in [2.75, 3.05) is 39.5 Å². The van der Waals surface area contributed by atoms with E-state index in [0.29, 0.717) is 0 Å². The van der Waals surface area contributed by atoms with Gasteiger partial charge in [-0.3, -0.25) is 0 Å². The molecule has 1 aliphatic carbocycles. The average molecular weight is 603 g/mol. The third kappa shape index (κ3) is 8.06. The van der Waals surface area contributed by atoms with E-state index in [0.717, 1.165) is 0 Å². The first-order chi connectivity index (χ1) is 19.5. The van der Waals surface area contributed by atoms with Crippen LogP contribution >= 0.6 is 0 Å².